The Labute approximate surface area is 231 Å². The second kappa shape index (κ2) is 9.14. The minimum atomic E-state index is 1.08. The van der Waals surface area contributed by atoms with Gasteiger partial charge in [0.25, 0.3) is 0 Å². The summed E-state index contributed by atoms with van der Waals surface area (Å²) in [4.78, 5) is 14.1. The quantitative estimate of drug-likeness (QED) is 0.170. The number of fused-ring (bicyclic) bond motifs is 4. The van der Waals surface area contributed by atoms with E-state index in [1.807, 2.05) is 23.1 Å². The van der Waals surface area contributed by atoms with Gasteiger partial charge in [0, 0.05) is 53.2 Å². The third-order valence-corrected chi connectivity index (χ3v) is 10.3. The summed E-state index contributed by atoms with van der Waals surface area (Å²) in [7, 11) is 0. The lowest BCUT2D eigenvalue weighted by Gasteiger charge is -2.32. The summed E-state index contributed by atoms with van der Waals surface area (Å²) < 4.78 is 3.79. The van der Waals surface area contributed by atoms with E-state index in [9.17, 15) is 0 Å². The van der Waals surface area contributed by atoms with E-state index in [2.05, 4.69) is 93.2 Å². The SMILES string of the molecule is c1ccc2c(c1)Sc1ccccc1N2c1ccc2nc3c(=[N+]4CCCC4)cc(N4CCCC4)cc-3sc2c1. The highest BCUT2D eigenvalue weighted by molar-refractivity contribution is 7.99. The molecule has 0 saturated carbocycles. The Morgan fingerprint density at radius 2 is 1.42 bits per heavy atom. The van der Waals surface area contributed by atoms with E-state index < -0.39 is 0 Å². The fourth-order valence-electron chi connectivity index (χ4n) is 6.16. The monoisotopic (exact) mass is 533 g/mol. The van der Waals surface area contributed by atoms with Crippen LogP contribution in [0.5, 0.6) is 0 Å². The van der Waals surface area contributed by atoms with E-state index in [0.717, 1.165) is 37.4 Å². The zero-order valence-corrected chi connectivity index (χ0v) is 22.9. The van der Waals surface area contributed by atoms with Crippen LogP contribution in [0, 0.1) is 0 Å². The lowest BCUT2D eigenvalue weighted by Crippen LogP contribution is -2.31. The normalized spacial score (nSPS) is 16.9. The van der Waals surface area contributed by atoms with E-state index >= 15 is 0 Å². The topological polar surface area (TPSA) is 22.4 Å². The van der Waals surface area contributed by atoms with Crippen molar-refractivity contribution >= 4 is 56.1 Å². The van der Waals surface area contributed by atoms with Gasteiger partial charge in [-0.25, -0.2) is 9.56 Å². The average molecular weight is 534 g/mol. The summed E-state index contributed by atoms with van der Waals surface area (Å²) in [6.07, 6.45) is 5.12. The van der Waals surface area contributed by atoms with Gasteiger partial charge >= 0.3 is 0 Å². The van der Waals surface area contributed by atoms with Gasteiger partial charge in [-0.1, -0.05) is 36.0 Å². The van der Waals surface area contributed by atoms with Crippen LogP contribution in [0.15, 0.2) is 88.7 Å². The first-order valence-electron chi connectivity index (χ1n) is 13.7. The fourth-order valence-corrected chi connectivity index (χ4v) is 8.28. The molecule has 0 amide bonds. The molecule has 2 fully saturated rings. The van der Waals surface area contributed by atoms with Crippen LogP contribution in [0.2, 0.25) is 0 Å². The highest BCUT2D eigenvalue weighted by Gasteiger charge is 2.26. The molecule has 6 heteroatoms. The minimum Gasteiger partial charge on any atom is -0.371 e. The van der Waals surface area contributed by atoms with Gasteiger partial charge in [0.15, 0.2) is 5.69 Å². The maximum absolute atomic E-state index is 5.29. The van der Waals surface area contributed by atoms with Crippen LogP contribution < -0.4 is 19.7 Å². The van der Waals surface area contributed by atoms with Gasteiger partial charge in [-0.2, -0.15) is 0 Å². The maximum atomic E-state index is 5.29. The Hall–Kier alpha value is -3.35. The number of rotatable bonds is 2. The Morgan fingerprint density at radius 3 is 2.16 bits per heavy atom. The molecule has 4 nitrogen and oxygen atoms in total. The molecule has 188 valence electrons. The van der Waals surface area contributed by atoms with E-state index in [1.54, 1.807) is 0 Å². The number of para-hydroxylation sites is 2. The van der Waals surface area contributed by atoms with E-state index in [-0.39, 0.29) is 0 Å². The molecular weight excluding hydrogens is 505 g/mol. The molecule has 0 N–H and O–H groups in total. The van der Waals surface area contributed by atoms with Crippen molar-refractivity contribution in [2.45, 2.75) is 35.5 Å². The second-order valence-electron chi connectivity index (χ2n) is 10.4. The maximum Gasteiger partial charge on any atom is 0.229 e. The van der Waals surface area contributed by atoms with Gasteiger partial charge in [-0.3, -0.25) is 0 Å². The van der Waals surface area contributed by atoms with E-state index in [1.165, 1.54) is 73.2 Å². The summed E-state index contributed by atoms with van der Waals surface area (Å²) in [5, 5.41) is 1.32. The summed E-state index contributed by atoms with van der Waals surface area (Å²) in [6.45, 7) is 4.58. The molecule has 0 aromatic heterocycles. The average Bonchev–Trinajstić information content (AvgIpc) is 3.69. The molecule has 0 atom stereocenters. The smallest absolute Gasteiger partial charge is 0.229 e. The molecule has 38 heavy (non-hydrogen) atoms. The highest BCUT2D eigenvalue weighted by Crippen LogP contribution is 2.51. The predicted octanol–water partition coefficient (Wildman–Crippen LogP) is 7.50. The minimum absolute atomic E-state index is 1.08. The summed E-state index contributed by atoms with van der Waals surface area (Å²) in [5.41, 5.74) is 7.26. The van der Waals surface area contributed by atoms with Gasteiger partial charge in [-0.05, 0) is 61.4 Å². The first kappa shape index (κ1) is 22.6. The third-order valence-electron chi connectivity index (χ3n) is 8.04. The van der Waals surface area contributed by atoms with Gasteiger partial charge in [0.1, 0.15) is 13.1 Å². The number of nitrogens with zero attached hydrogens (tertiary/aromatic N) is 4. The molecule has 0 radical (unpaired) electrons. The molecule has 3 aromatic carbocycles. The summed E-state index contributed by atoms with van der Waals surface area (Å²) in [5.74, 6) is 0. The number of aromatic nitrogens is 1. The van der Waals surface area contributed by atoms with Crippen LogP contribution >= 0.6 is 23.1 Å². The molecule has 2 saturated heterocycles. The molecule has 1 aliphatic carbocycles. The molecule has 3 aromatic rings. The molecule has 0 spiro atoms. The standard InChI is InChI=1S/C32H29N4S2/c1-3-11-28-25(9-1)36(26-10-2-4-12-29(26)37-28)22-13-14-24-30(20-22)38-31-21-23(34-15-5-6-16-34)19-27(32(31)33-24)35-17-7-8-18-35/h1-4,9-14,19-21H,5-8,15-18H2/q+1. The summed E-state index contributed by atoms with van der Waals surface area (Å²) >= 11 is 3.74. The number of hydrogen-bond donors (Lipinski definition) is 0. The number of benzene rings is 4. The lowest BCUT2D eigenvalue weighted by atomic mass is 10.1. The Morgan fingerprint density at radius 1 is 0.711 bits per heavy atom. The highest BCUT2D eigenvalue weighted by atomic mass is 32.2. The van der Waals surface area contributed by atoms with E-state index in [0.29, 0.717) is 0 Å². The Balaban J connectivity index is 1.33. The predicted molar refractivity (Wildman–Crippen MR) is 161 cm³/mol. The fraction of sp³-hybridized carbons (Fsp3) is 0.250. The van der Waals surface area contributed by atoms with Crippen LogP contribution in [0.25, 0.3) is 20.8 Å². The van der Waals surface area contributed by atoms with Crippen molar-refractivity contribution in [3.8, 4) is 10.6 Å². The first-order valence-corrected chi connectivity index (χ1v) is 15.3. The van der Waals surface area contributed by atoms with Crippen LogP contribution in [0.1, 0.15) is 25.7 Å². The molecule has 5 aliphatic rings. The number of anilines is 4. The van der Waals surface area contributed by atoms with Gasteiger partial charge in [0.2, 0.25) is 5.36 Å². The van der Waals surface area contributed by atoms with Crippen molar-refractivity contribution < 1.29 is 0 Å². The van der Waals surface area contributed by atoms with Crippen LogP contribution in [0.3, 0.4) is 0 Å². The molecule has 4 heterocycles. The van der Waals surface area contributed by atoms with Crippen LogP contribution in [-0.2, 0) is 0 Å². The zero-order valence-electron chi connectivity index (χ0n) is 21.3. The molecule has 0 unspecified atom stereocenters. The third kappa shape index (κ3) is 3.73. The van der Waals surface area contributed by atoms with E-state index in [4.69, 9.17) is 4.98 Å². The second-order valence-corrected chi connectivity index (χ2v) is 12.6. The van der Waals surface area contributed by atoms with Crippen molar-refractivity contribution in [3.63, 3.8) is 0 Å². The molecule has 4 aliphatic heterocycles. The van der Waals surface area contributed by atoms with Gasteiger partial charge in [-0.15, -0.1) is 11.3 Å². The molecule has 0 bridgehead atoms. The first-order chi connectivity index (χ1) is 18.8. The van der Waals surface area contributed by atoms with Crippen molar-refractivity contribution in [3.05, 3.63) is 84.2 Å². The largest absolute Gasteiger partial charge is 0.371 e. The van der Waals surface area contributed by atoms with Crippen LogP contribution in [0.4, 0.5) is 22.7 Å². The van der Waals surface area contributed by atoms with Gasteiger partial charge < -0.3 is 9.80 Å². The van der Waals surface area contributed by atoms with Crippen molar-refractivity contribution in [2.24, 2.45) is 0 Å². The van der Waals surface area contributed by atoms with Crippen molar-refractivity contribution in [1.29, 1.82) is 0 Å². The number of hydrogen-bond acceptors (Lipinski definition) is 5. The van der Waals surface area contributed by atoms with Crippen molar-refractivity contribution in [1.82, 2.24) is 9.56 Å². The lowest BCUT2D eigenvalue weighted by molar-refractivity contribution is 0.693. The molecule has 8 rings (SSSR count). The van der Waals surface area contributed by atoms with Crippen LogP contribution in [-0.4, -0.2) is 31.2 Å². The zero-order chi connectivity index (χ0) is 25.1. The summed E-state index contributed by atoms with van der Waals surface area (Å²) in [6, 6.07) is 29.1. The Kier molecular flexibility index (Phi) is 5.44. The molecular formula is C32H29N4S2+. The van der Waals surface area contributed by atoms with Gasteiger partial charge in [0.05, 0.1) is 26.5 Å². The van der Waals surface area contributed by atoms with Crippen molar-refractivity contribution in [2.75, 3.05) is 36.0 Å². The Bertz CT molecular complexity index is 1680.